The van der Waals surface area contributed by atoms with Crippen molar-refractivity contribution in [1.29, 1.82) is 0 Å². The van der Waals surface area contributed by atoms with E-state index in [-0.39, 0.29) is 0 Å². The van der Waals surface area contributed by atoms with Crippen LogP contribution in [0.15, 0.2) is 24.3 Å². The average molecular weight is 267 g/mol. The predicted molar refractivity (Wildman–Crippen MR) is 76.4 cm³/mol. The second kappa shape index (κ2) is 6.28. The van der Waals surface area contributed by atoms with Gasteiger partial charge in [-0.15, -0.1) is 11.3 Å². The lowest BCUT2D eigenvalue weighted by Gasteiger charge is -2.05. The van der Waals surface area contributed by atoms with Crippen molar-refractivity contribution >= 4 is 33.8 Å². The van der Waals surface area contributed by atoms with Gasteiger partial charge in [0.15, 0.2) is 3.95 Å². The zero-order valence-electron chi connectivity index (χ0n) is 10.0. The second-order valence-corrected chi connectivity index (χ2v) is 5.63. The highest BCUT2D eigenvalue weighted by Gasteiger charge is 2.03. The summed E-state index contributed by atoms with van der Waals surface area (Å²) in [5.41, 5.74) is 1.22. The molecule has 0 unspecified atom stereocenters. The minimum Gasteiger partial charge on any atom is -0.380 e. The van der Waals surface area contributed by atoms with Gasteiger partial charge in [-0.1, -0.05) is 25.5 Å². The molecule has 0 aliphatic heterocycles. The number of rotatable bonds is 6. The van der Waals surface area contributed by atoms with Gasteiger partial charge < -0.3 is 9.30 Å². The Balaban J connectivity index is 2.03. The van der Waals surface area contributed by atoms with Gasteiger partial charge in [-0.25, -0.2) is 0 Å². The first-order valence-electron chi connectivity index (χ1n) is 5.99. The van der Waals surface area contributed by atoms with Crippen LogP contribution in [0.4, 0.5) is 0 Å². The van der Waals surface area contributed by atoms with Gasteiger partial charge in [-0.2, -0.15) is 0 Å². The molecule has 0 N–H and O–H groups in total. The van der Waals surface area contributed by atoms with E-state index in [1.165, 1.54) is 16.6 Å². The van der Waals surface area contributed by atoms with Crippen LogP contribution < -0.4 is 0 Å². The number of hydrogen-bond acceptors (Lipinski definition) is 3. The molecule has 0 saturated carbocycles. The number of unbranched alkanes of at least 4 members (excludes halogenated alkanes) is 1. The van der Waals surface area contributed by atoms with Gasteiger partial charge in [0.25, 0.3) is 0 Å². The number of fused-ring (bicyclic) bond motifs is 1. The molecule has 1 heterocycles. The van der Waals surface area contributed by atoms with Crippen molar-refractivity contribution in [2.45, 2.75) is 26.3 Å². The van der Waals surface area contributed by atoms with Crippen LogP contribution in [-0.4, -0.2) is 17.8 Å². The van der Waals surface area contributed by atoms with Crippen molar-refractivity contribution in [3.05, 3.63) is 28.2 Å². The van der Waals surface area contributed by atoms with Crippen LogP contribution in [0.25, 0.3) is 10.2 Å². The number of benzene rings is 1. The Bertz CT molecular complexity index is 529. The third-order valence-corrected chi connectivity index (χ3v) is 4.11. The Kier molecular flexibility index (Phi) is 4.71. The molecular weight excluding hydrogens is 250 g/mol. The minimum absolute atomic E-state index is 0.745. The van der Waals surface area contributed by atoms with E-state index < -0.39 is 0 Å². The highest BCUT2D eigenvalue weighted by atomic mass is 32.1. The van der Waals surface area contributed by atoms with Crippen LogP contribution in [0, 0.1) is 3.95 Å². The maximum absolute atomic E-state index is 5.59. The molecule has 0 fully saturated rings. The van der Waals surface area contributed by atoms with Crippen LogP contribution in [0.1, 0.15) is 19.8 Å². The zero-order valence-corrected chi connectivity index (χ0v) is 11.6. The van der Waals surface area contributed by atoms with Gasteiger partial charge >= 0.3 is 0 Å². The molecule has 0 spiro atoms. The number of aromatic nitrogens is 1. The summed E-state index contributed by atoms with van der Waals surface area (Å²) in [5.74, 6) is 0. The Morgan fingerprint density at radius 2 is 2.12 bits per heavy atom. The monoisotopic (exact) mass is 267 g/mol. The molecule has 0 saturated heterocycles. The highest BCUT2D eigenvalue weighted by molar-refractivity contribution is 7.73. The van der Waals surface area contributed by atoms with Crippen molar-refractivity contribution in [1.82, 2.24) is 4.57 Å². The maximum atomic E-state index is 5.59. The summed E-state index contributed by atoms with van der Waals surface area (Å²) in [4.78, 5) is 0. The van der Waals surface area contributed by atoms with E-state index >= 15 is 0 Å². The first-order valence-corrected chi connectivity index (χ1v) is 7.21. The smallest absolute Gasteiger partial charge is 0.162 e. The third kappa shape index (κ3) is 3.15. The summed E-state index contributed by atoms with van der Waals surface area (Å²) in [6.07, 6.45) is 2.32. The fraction of sp³-hybridized carbons (Fsp3) is 0.462. The van der Waals surface area contributed by atoms with Crippen LogP contribution in [-0.2, 0) is 11.3 Å². The Hall–Kier alpha value is -0.710. The lowest BCUT2D eigenvalue weighted by atomic mass is 10.3. The molecule has 0 amide bonds. The van der Waals surface area contributed by atoms with Gasteiger partial charge in [0.1, 0.15) is 0 Å². The topological polar surface area (TPSA) is 14.2 Å². The molecule has 1 aromatic heterocycles. The van der Waals surface area contributed by atoms with E-state index in [2.05, 4.69) is 35.8 Å². The van der Waals surface area contributed by atoms with E-state index in [1.807, 2.05) is 0 Å². The number of para-hydroxylation sites is 1. The molecule has 0 bridgehead atoms. The zero-order chi connectivity index (χ0) is 12.1. The first-order chi connectivity index (χ1) is 8.33. The number of thiazole rings is 1. The fourth-order valence-corrected chi connectivity index (χ4v) is 3.11. The van der Waals surface area contributed by atoms with Gasteiger partial charge in [0, 0.05) is 13.2 Å². The molecule has 1 aromatic carbocycles. The molecule has 0 radical (unpaired) electrons. The summed E-state index contributed by atoms with van der Waals surface area (Å²) in [7, 11) is 0. The Morgan fingerprint density at radius 3 is 2.94 bits per heavy atom. The van der Waals surface area contributed by atoms with Crippen LogP contribution >= 0.6 is 23.6 Å². The van der Waals surface area contributed by atoms with Gasteiger partial charge in [-0.3, -0.25) is 0 Å². The number of hydrogen-bond donors (Lipinski definition) is 0. The Labute approximate surface area is 111 Å². The van der Waals surface area contributed by atoms with Crippen molar-refractivity contribution in [3.63, 3.8) is 0 Å². The molecule has 2 aromatic rings. The fourth-order valence-electron chi connectivity index (χ4n) is 1.73. The van der Waals surface area contributed by atoms with Crippen LogP contribution in [0.2, 0.25) is 0 Å². The second-order valence-electron chi connectivity index (χ2n) is 3.95. The van der Waals surface area contributed by atoms with E-state index in [9.17, 15) is 0 Å². The minimum atomic E-state index is 0.745. The largest absolute Gasteiger partial charge is 0.380 e. The van der Waals surface area contributed by atoms with Crippen molar-refractivity contribution in [2.75, 3.05) is 13.2 Å². The average Bonchev–Trinajstić information content (AvgIpc) is 2.65. The first kappa shape index (κ1) is 12.7. The normalized spacial score (nSPS) is 11.1. The lowest BCUT2D eigenvalue weighted by molar-refractivity contribution is 0.124. The molecule has 17 heavy (non-hydrogen) atoms. The molecule has 4 heteroatoms. The Morgan fingerprint density at radius 1 is 1.29 bits per heavy atom. The highest BCUT2D eigenvalue weighted by Crippen LogP contribution is 2.22. The number of nitrogens with zero attached hydrogens (tertiary/aromatic N) is 1. The number of ether oxygens (including phenoxy) is 1. The molecule has 0 aliphatic rings. The van der Waals surface area contributed by atoms with Gasteiger partial charge in [0.05, 0.1) is 16.8 Å². The lowest BCUT2D eigenvalue weighted by Crippen LogP contribution is -2.06. The summed E-state index contributed by atoms with van der Waals surface area (Å²) < 4.78 is 9.95. The van der Waals surface area contributed by atoms with E-state index in [0.717, 1.165) is 30.1 Å². The van der Waals surface area contributed by atoms with E-state index in [0.29, 0.717) is 0 Å². The standard InChI is InChI=1S/C13H17NOS2/c1-2-3-9-15-10-8-14-11-6-4-5-7-12(11)17-13(14)16/h4-7H,2-3,8-10H2,1H3. The molecule has 2 rings (SSSR count). The van der Waals surface area contributed by atoms with E-state index in [4.69, 9.17) is 17.0 Å². The SMILES string of the molecule is CCCCOCCn1c(=S)sc2ccccc21. The van der Waals surface area contributed by atoms with Crippen molar-refractivity contribution in [2.24, 2.45) is 0 Å². The molecule has 2 nitrogen and oxygen atoms in total. The summed E-state index contributed by atoms with van der Waals surface area (Å²) in [6.45, 7) is 4.62. The predicted octanol–water partition coefficient (Wildman–Crippen LogP) is 4.25. The van der Waals surface area contributed by atoms with Crippen molar-refractivity contribution in [3.8, 4) is 0 Å². The summed E-state index contributed by atoms with van der Waals surface area (Å²) >= 11 is 7.05. The molecule has 0 atom stereocenters. The van der Waals surface area contributed by atoms with E-state index in [1.54, 1.807) is 11.3 Å². The molecule has 0 aliphatic carbocycles. The molecular formula is C13H17NOS2. The third-order valence-electron chi connectivity index (χ3n) is 2.68. The quantitative estimate of drug-likeness (QED) is 0.574. The summed E-state index contributed by atoms with van der Waals surface area (Å²) in [6, 6.07) is 8.34. The van der Waals surface area contributed by atoms with Gasteiger partial charge in [-0.05, 0) is 30.8 Å². The molecule has 92 valence electrons. The van der Waals surface area contributed by atoms with Crippen LogP contribution in [0.5, 0.6) is 0 Å². The van der Waals surface area contributed by atoms with Crippen LogP contribution in [0.3, 0.4) is 0 Å². The van der Waals surface area contributed by atoms with Gasteiger partial charge in [0.2, 0.25) is 0 Å². The van der Waals surface area contributed by atoms with Crippen molar-refractivity contribution < 1.29 is 4.74 Å². The maximum Gasteiger partial charge on any atom is 0.162 e. The summed E-state index contributed by atoms with van der Waals surface area (Å²) in [5, 5.41) is 0.